The molecule has 3 saturated heterocycles. The maximum absolute atomic E-state index is 11.6. The average molecular weight is 487 g/mol. The molecule has 12 nitrogen and oxygen atoms in total. The Hall–Kier alpha value is -2.35. The van der Waals surface area contributed by atoms with E-state index in [-0.39, 0.29) is 37.6 Å². The van der Waals surface area contributed by atoms with E-state index in [0.29, 0.717) is 10.8 Å². The van der Waals surface area contributed by atoms with Gasteiger partial charge < -0.3 is 30.7 Å². The molecule has 13 heteroatoms. The number of aryl methyl sites for hydroxylation is 1. The normalized spacial score (nSPS) is 30.2. The fourth-order valence-corrected chi connectivity index (χ4v) is 5.66. The summed E-state index contributed by atoms with van der Waals surface area (Å²) in [6, 6.07) is 0.440. The van der Waals surface area contributed by atoms with Gasteiger partial charge in [-0.3, -0.25) is 19.1 Å². The van der Waals surface area contributed by atoms with E-state index in [1.807, 2.05) is 11.8 Å². The van der Waals surface area contributed by atoms with Crippen LogP contribution < -0.4 is 21.9 Å². The maximum atomic E-state index is 11.6. The number of aliphatic hydroxyl groups is 2. The van der Waals surface area contributed by atoms with Crippen molar-refractivity contribution in [1.29, 1.82) is 0 Å². The monoisotopic (exact) mass is 486 g/mol. The number of carboxylic acids is 1. The van der Waals surface area contributed by atoms with Crippen molar-refractivity contribution >= 4 is 23.8 Å². The second kappa shape index (κ2) is 11.2. The maximum Gasteiger partial charge on any atom is 0.330 e. The highest BCUT2D eigenvalue weighted by molar-refractivity contribution is 8.00. The molecule has 184 valence electrons. The number of aliphatic hydroxyl groups excluding tert-OH is 2. The molecule has 0 aromatic carbocycles. The minimum absolute atomic E-state index is 0.0640. The van der Waals surface area contributed by atoms with Crippen LogP contribution in [0.3, 0.4) is 0 Å². The number of H-pyrrole nitrogens is 1. The molecule has 6 atom stereocenters. The zero-order valence-corrected chi connectivity index (χ0v) is 19.0. The lowest BCUT2D eigenvalue weighted by Crippen LogP contribution is -2.36. The molecular formula is C20H30N4O8S. The van der Waals surface area contributed by atoms with E-state index < -0.39 is 35.7 Å². The first-order chi connectivity index (χ1) is 15.7. The Bertz CT molecular complexity index is 966. The van der Waals surface area contributed by atoms with E-state index in [1.54, 1.807) is 6.92 Å². The molecule has 0 aliphatic carbocycles. The van der Waals surface area contributed by atoms with Crippen LogP contribution in [0, 0.1) is 6.92 Å². The van der Waals surface area contributed by atoms with Crippen LogP contribution in [-0.4, -0.2) is 78.8 Å². The zero-order chi connectivity index (χ0) is 24.1. The lowest BCUT2D eigenvalue weighted by atomic mass is 10.0. The Morgan fingerprint density at radius 2 is 2.03 bits per heavy atom. The Morgan fingerprint density at radius 1 is 1.27 bits per heavy atom. The molecule has 0 radical (unpaired) electrons. The van der Waals surface area contributed by atoms with E-state index in [9.17, 15) is 24.3 Å². The van der Waals surface area contributed by atoms with Gasteiger partial charge in [0.05, 0.1) is 24.8 Å². The highest BCUT2D eigenvalue weighted by Gasteiger charge is 2.42. The predicted molar refractivity (Wildman–Crippen MR) is 119 cm³/mol. The van der Waals surface area contributed by atoms with Crippen LogP contribution in [0.25, 0.3) is 0 Å². The van der Waals surface area contributed by atoms with Crippen molar-refractivity contribution in [1.82, 2.24) is 20.2 Å². The Balaban J connectivity index is 0.000000186. The molecular weight excluding hydrogens is 456 g/mol. The van der Waals surface area contributed by atoms with Crippen LogP contribution >= 0.6 is 11.8 Å². The number of thioether (sulfide) groups is 1. The van der Waals surface area contributed by atoms with Crippen LogP contribution in [0.2, 0.25) is 0 Å². The number of carbonyl (C=O) groups excluding carboxylic acids is 1. The minimum Gasteiger partial charge on any atom is -0.481 e. The molecule has 4 heterocycles. The van der Waals surface area contributed by atoms with Crippen molar-refractivity contribution in [3.63, 3.8) is 0 Å². The number of nitrogens with one attached hydrogen (secondary N) is 3. The predicted octanol–water partition coefficient (Wildman–Crippen LogP) is -0.717. The van der Waals surface area contributed by atoms with Gasteiger partial charge in [0.2, 0.25) is 0 Å². The smallest absolute Gasteiger partial charge is 0.330 e. The molecule has 0 saturated carbocycles. The summed E-state index contributed by atoms with van der Waals surface area (Å²) >= 11 is 1.87. The molecule has 0 unspecified atom stereocenters. The molecule has 6 N–H and O–H groups in total. The van der Waals surface area contributed by atoms with Gasteiger partial charge in [-0.25, -0.2) is 9.59 Å². The van der Waals surface area contributed by atoms with Gasteiger partial charge in [0.15, 0.2) is 0 Å². The molecule has 3 aliphatic rings. The average Bonchev–Trinajstić information content (AvgIpc) is 3.42. The number of aliphatic carboxylic acids is 1. The first kappa shape index (κ1) is 25.3. The van der Waals surface area contributed by atoms with Gasteiger partial charge in [-0.1, -0.05) is 6.42 Å². The Kier molecular flexibility index (Phi) is 8.57. The number of hydrogen-bond donors (Lipinski definition) is 6. The summed E-state index contributed by atoms with van der Waals surface area (Å²) < 4.78 is 6.54. The number of unbranched alkanes of at least 4 members (excludes halogenated alkanes) is 1. The molecule has 3 aliphatic heterocycles. The molecule has 33 heavy (non-hydrogen) atoms. The summed E-state index contributed by atoms with van der Waals surface area (Å²) in [6.07, 6.45) is 2.30. The number of amides is 2. The lowest BCUT2D eigenvalue weighted by Gasteiger charge is -2.16. The van der Waals surface area contributed by atoms with Crippen LogP contribution in [0.1, 0.15) is 43.9 Å². The van der Waals surface area contributed by atoms with Gasteiger partial charge in [0.1, 0.15) is 12.3 Å². The first-order valence-electron chi connectivity index (χ1n) is 10.9. The summed E-state index contributed by atoms with van der Waals surface area (Å²) in [7, 11) is 0. The number of hydrogen-bond acceptors (Lipinski definition) is 8. The van der Waals surface area contributed by atoms with Crippen LogP contribution in [0.15, 0.2) is 15.8 Å². The highest BCUT2D eigenvalue weighted by Crippen LogP contribution is 2.33. The van der Waals surface area contributed by atoms with Crippen molar-refractivity contribution in [3.05, 3.63) is 32.6 Å². The first-order valence-corrected chi connectivity index (χ1v) is 11.9. The van der Waals surface area contributed by atoms with Gasteiger partial charge in [-0.15, -0.1) is 0 Å². The van der Waals surface area contributed by atoms with Gasteiger partial charge in [-0.05, 0) is 19.8 Å². The number of aromatic nitrogens is 2. The van der Waals surface area contributed by atoms with Gasteiger partial charge in [0.25, 0.3) is 5.56 Å². The lowest BCUT2D eigenvalue weighted by molar-refractivity contribution is -0.137. The summed E-state index contributed by atoms with van der Waals surface area (Å²) in [5.41, 5.74) is -0.643. The van der Waals surface area contributed by atoms with Gasteiger partial charge in [-0.2, -0.15) is 11.8 Å². The van der Waals surface area contributed by atoms with Gasteiger partial charge >= 0.3 is 17.7 Å². The third-order valence-corrected chi connectivity index (χ3v) is 7.42. The number of rotatable bonds is 7. The summed E-state index contributed by atoms with van der Waals surface area (Å²) in [6.45, 7) is 1.26. The molecule has 0 spiro atoms. The van der Waals surface area contributed by atoms with Crippen LogP contribution in [0.4, 0.5) is 4.79 Å². The standard InChI is InChI=1S/C10H14N2O5.C10H16N2O3S/c1-5-3-12(10(16)11-9(5)15)8-2-6(14)7(4-13)17-8;13-8(14)4-2-1-3-7-9-6(5-16-7)11-10(15)12-9/h3,6-8,13-14H,2,4H2,1H3,(H,11,15,16);6-7,9H,1-5H2,(H,13,14)(H2,11,12,15)/t6-,7+,8+;6-,7-,9-/m00/s1. The van der Waals surface area contributed by atoms with Crippen molar-refractivity contribution in [3.8, 4) is 0 Å². The van der Waals surface area contributed by atoms with E-state index in [2.05, 4.69) is 15.6 Å². The zero-order valence-electron chi connectivity index (χ0n) is 18.2. The number of urea groups is 1. The minimum atomic E-state index is -0.816. The van der Waals surface area contributed by atoms with Crippen molar-refractivity contribution in [2.24, 2.45) is 0 Å². The molecule has 3 fully saturated rings. The number of nitrogens with zero attached hydrogens (tertiary/aromatic N) is 1. The molecule has 0 bridgehead atoms. The Morgan fingerprint density at radius 3 is 2.70 bits per heavy atom. The second-order valence-electron chi connectivity index (χ2n) is 8.35. The van der Waals surface area contributed by atoms with E-state index in [0.717, 1.165) is 25.0 Å². The molecule has 1 aromatic heterocycles. The molecule has 1 aromatic rings. The highest BCUT2D eigenvalue weighted by atomic mass is 32.2. The van der Waals surface area contributed by atoms with Crippen molar-refractivity contribution in [2.45, 2.75) is 74.8 Å². The number of carbonyl (C=O) groups is 2. The third-order valence-electron chi connectivity index (χ3n) is 5.91. The van der Waals surface area contributed by atoms with Crippen molar-refractivity contribution < 1.29 is 29.6 Å². The van der Waals surface area contributed by atoms with E-state index >= 15 is 0 Å². The number of aromatic amines is 1. The summed E-state index contributed by atoms with van der Waals surface area (Å²) in [5, 5.41) is 33.3. The van der Waals surface area contributed by atoms with E-state index in [4.69, 9.17) is 14.9 Å². The third kappa shape index (κ3) is 6.37. The topological polar surface area (TPSA) is 183 Å². The van der Waals surface area contributed by atoms with Crippen LogP contribution in [-0.2, 0) is 9.53 Å². The van der Waals surface area contributed by atoms with E-state index in [1.165, 1.54) is 10.8 Å². The number of fused-ring (bicyclic) bond motifs is 1. The summed E-state index contributed by atoms with van der Waals surface area (Å²) in [4.78, 5) is 46.4. The number of carboxylic acid groups (broad SMARTS) is 1. The molecule has 2 amide bonds. The van der Waals surface area contributed by atoms with Crippen molar-refractivity contribution in [2.75, 3.05) is 12.4 Å². The quantitative estimate of drug-likeness (QED) is 0.214. The second-order valence-corrected chi connectivity index (χ2v) is 9.63. The van der Waals surface area contributed by atoms with Gasteiger partial charge in [0, 0.05) is 35.6 Å². The van der Waals surface area contributed by atoms with Crippen LogP contribution in [0.5, 0.6) is 0 Å². The fraction of sp³-hybridized carbons (Fsp3) is 0.700. The SMILES string of the molecule is Cc1cn([C@H]2C[C@H](O)[C@@H](CO)O2)c(=O)[nH]c1=O.O=C(O)CCCC[C@@H]1SC[C@@H]2NC(=O)N[C@@H]21. The largest absolute Gasteiger partial charge is 0.481 e. The molecule has 4 rings (SSSR count). The fourth-order valence-electron chi connectivity index (χ4n) is 4.12. The Labute approximate surface area is 193 Å². The number of ether oxygens (including phenoxy) is 1. The summed E-state index contributed by atoms with van der Waals surface area (Å²) in [5.74, 6) is 0.236.